The van der Waals surface area contributed by atoms with Crippen molar-refractivity contribution in [3.05, 3.63) is 23.8 Å². The van der Waals surface area contributed by atoms with Gasteiger partial charge in [0, 0.05) is 12.6 Å². The summed E-state index contributed by atoms with van der Waals surface area (Å²) in [5.41, 5.74) is 0.0626. The molecule has 0 aliphatic rings. The van der Waals surface area contributed by atoms with Gasteiger partial charge in [-0.05, 0) is 31.7 Å². The summed E-state index contributed by atoms with van der Waals surface area (Å²) in [4.78, 5) is 11.7. The van der Waals surface area contributed by atoms with Crippen LogP contribution in [0.4, 0.5) is 0 Å². The Kier molecular flexibility index (Phi) is 6.79. The molecule has 8 heteroatoms. The molecular formula is C14H22N2O5S. The van der Waals surface area contributed by atoms with Crippen molar-refractivity contribution in [3.63, 3.8) is 0 Å². The van der Waals surface area contributed by atoms with Crippen molar-refractivity contribution < 1.29 is 22.7 Å². The molecule has 0 aromatic heterocycles. The average Bonchev–Trinajstić information content (AvgIpc) is 2.52. The molecule has 124 valence electrons. The summed E-state index contributed by atoms with van der Waals surface area (Å²) in [5, 5.41) is 3.11. The molecule has 0 fully saturated rings. The van der Waals surface area contributed by atoms with Gasteiger partial charge in [-0.25, -0.2) is 17.9 Å². The van der Waals surface area contributed by atoms with Crippen molar-refractivity contribution in [2.24, 2.45) is 0 Å². The molecule has 2 N–H and O–H groups in total. The standard InChI is InChI=1S/C14H22N2O5S/c1-5-15-10(2)9-16-22(18,19)11-6-7-13(20-3)12(8-11)14(17)21-4/h6-8,10,15-16H,5,9H2,1-4H3/t10-/m1/s1. The summed E-state index contributed by atoms with van der Waals surface area (Å²) in [7, 11) is -1.10. The van der Waals surface area contributed by atoms with Gasteiger partial charge in [0.05, 0.1) is 19.1 Å². The lowest BCUT2D eigenvalue weighted by Crippen LogP contribution is -2.38. The van der Waals surface area contributed by atoms with Crippen molar-refractivity contribution in [3.8, 4) is 5.75 Å². The number of likely N-dealkylation sites (N-methyl/N-ethyl adjacent to an activating group) is 1. The van der Waals surface area contributed by atoms with E-state index in [4.69, 9.17) is 4.74 Å². The fourth-order valence-electron chi connectivity index (χ4n) is 1.86. The van der Waals surface area contributed by atoms with E-state index in [0.29, 0.717) is 0 Å². The first-order valence-electron chi connectivity index (χ1n) is 6.85. The minimum absolute atomic E-state index is 0.00176. The first kappa shape index (κ1) is 18.4. The van der Waals surface area contributed by atoms with Crippen LogP contribution in [-0.2, 0) is 14.8 Å². The minimum atomic E-state index is -3.72. The summed E-state index contributed by atoms with van der Waals surface area (Å²) < 4.78 is 36.7. The molecule has 0 saturated heterocycles. The predicted octanol–water partition coefficient (Wildman–Crippen LogP) is 0.758. The van der Waals surface area contributed by atoms with Crippen molar-refractivity contribution in [2.45, 2.75) is 24.8 Å². The van der Waals surface area contributed by atoms with Gasteiger partial charge in [-0.15, -0.1) is 0 Å². The summed E-state index contributed by atoms with van der Waals surface area (Å²) in [6, 6.07) is 4.04. The van der Waals surface area contributed by atoms with Crippen LogP contribution in [0.3, 0.4) is 0 Å². The van der Waals surface area contributed by atoms with Crippen LogP contribution >= 0.6 is 0 Å². The Bertz CT molecular complexity index is 616. The molecule has 7 nitrogen and oxygen atoms in total. The van der Waals surface area contributed by atoms with Crippen molar-refractivity contribution in [2.75, 3.05) is 27.3 Å². The lowest BCUT2D eigenvalue weighted by atomic mass is 10.2. The second-order valence-corrected chi connectivity index (χ2v) is 6.43. The van der Waals surface area contributed by atoms with Crippen molar-refractivity contribution in [1.29, 1.82) is 0 Å². The van der Waals surface area contributed by atoms with Gasteiger partial charge in [0.2, 0.25) is 10.0 Å². The molecule has 1 atom stereocenters. The number of nitrogens with one attached hydrogen (secondary N) is 2. The molecule has 0 aliphatic heterocycles. The average molecular weight is 330 g/mol. The summed E-state index contributed by atoms with van der Waals surface area (Å²) >= 11 is 0. The second-order valence-electron chi connectivity index (χ2n) is 4.66. The smallest absolute Gasteiger partial charge is 0.341 e. The highest BCUT2D eigenvalue weighted by Gasteiger charge is 2.20. The molecule has 0 saturated carbocycles. The molecule has 0 radical (unpaired) electrons. The zero-order valence-corrected chi connectivity index (χ0v) is 14.0. The predicted molar refractivity (Wildman–Crippen MR) is 82.7 cm³/mol. The Labute approximate surface area is 131 Å². The number of hydrogen-bond donors (Lipinski definition) is 2. The van der Waals surface area contributed by atoms with E-state index in [1.54, 1.807) is 0 Å². The Hall–Kier alpha value is -1.64. The van der Waals surface area contributed by atoms with E-state index in [9.17, 15) is 13.2 Å². The maximum absolute atomic E-state index is 12.3. The number of benzene rings is 1. The zero-order valence-electron chi connectivity index (χ0n) is 13.2. The zero-order chi connectivity index (χ0) is 16.8. The minimum Gasteiger partial charge on any atom is -0.496 e. The Morgan fingerprint density at radius 3 is 2.55 bits per heavy atom. The van der Waals surface area contributed by atoms with Gasteiger partial charge in [-0.3, -0.25) is 0 Å². The van der Waals surface area contributed by atoms with E-state index in [1.165, 1.54) is 32.4 Å². The fraction of sp³-hybridized carbons (Fsp3) is 0.500. The number of methoxy groups -OCH3 is 2. The van der Waals surface area contributed by atoms with E-state index in [1.807, 2.05) is 13.8 Å². The SMILES string of the molecule is CCN[C@H](C)CNS(=O)(=O)c1ccc(OC)c(C(=O)OC)c1. The molecule has 0 bridgehead atoms. The highest BCUT2D eigenvalue weighted by atomic mass is 32.2. The first-order valence-corrected chi connectivity index (χ1v) is 8.33. The van der Waals surface area contributed by atoms with Gasteiger partial charge in [0.1, 0.15) is 11.3 Å². The van der Waals surface area contributed by atoms with Crippen molar-refractivity contribution >= 4 is 16.0 Å². The number of esters is 1. The molecule has 0 unspecified atom stereocenters. The lowest BCUT2D eigenvalue weighted by molar-refractivity contribution is 0.0597. The molecule has 0 amide bonds. The molecule has 0 aliphatic carbocycles. The number of carbonyl (C=O) groups is 1. The van der Waals surface area contributed by atoms with Crippen LogP contribution < -0.4 is 14.8 Å². The van der Waals surface area contributed by atoms with Crippen molar-refractivity contribution in [1.82, 2.24) is 10.0 Å². The third-order valence-electron chi connectivity index (χ3n) is 3.02. The summed E-state index contributed by atoms with van der Waals surface area (Å²) in [6.07, 6.45) is 0. The summed E-state index contributed by atoms with van der Waals surface area (Å²) in [5.74, 6) is -0.401. The number of carbonyl (C=O) groups excluding carboxylic acids is 1. The van der Waals surface area contributed by atoms with Crippen LogP contribution in [0.15, 0.2) is 23.1 Å². The highest BCUT2D eigenvalue weighted by Crippen LogP contribution is 2.23. The fourth-order valence-corrected chi connectivity index (χ4v) is 3.02. The normalized spacial score (nSPS) is 12.7. The Balaban J connectivity index is 3.02. The molecule has 1 aromatic rings. The van der Waals surface area contributed by atoms with Crippen LogP contribution in [0, 0.1) is 0 Å². The van der Waals surface area contributed by atoms with E-state index in [2.05, 4.69) is 14.8 Å². The number of hydrogen-bond acceptors (Lipinski definition) is 6. The van der Waals surface area contributed by atoms with Gasteiger partial charge in [-0.2, -0.15) is 0 Å². The van der Waals surface area contributed by atoms with Crippen LogP contribution in [0.5, 0.6) is 5.75 Å². The van der Waals surface area contributed by atoms with Gasteiger partial charge < -0.3 is 14.8 Å². The van der Waals surface area contributed by atoms with E-state index < -0.39 is 16.0 Å². The lowest BCUT2D eigenvalue weighted by Gasteiger charge is -2.14. The molecule has 1 aromatic carbocycles. The maximum Gasteiger partial charge on any atom is 0.341 e. The number of sulfonamides is 1. The van der Waals surface area contributed by atoms with Crippen LogP contribution in [0.1, 0.15) is 24.2 Å². The number of rotatable bonds is 8. The Morgan fingerprint density at radius 2 is 2.00 bits per heavy atom. The van der Waals surface area contributed by atoms with E-state index >= 15 is 0 Å². The third kappa shape index (κ3) is 4.69. The molecule has 0 heterocycles. The first-order chi connectivity index (χ1) is 10.4. The van der Waals surface area contributed by atoms with Crippen LogP contribution in [0.25, 0.3) is 0 Å². The quantitative estimate of drug-likeness (QED) is 0.684. The van der Waals surface area contributed by atoms with Gasteiger partial charge in [-0.1, -0.05) is 6.92 Å². The van der Waals surface area contributed by atoms with E-state index in [-0.39, 0.29) is 28.8 Å². The van der Waals surface area contributed by atoms with Gasteiger partial charge in [0.25, 0.3) is 0 Å². The van der Waals surface area contributed by atoms with Crippen LogP contribution in [0.2, 0.25) is 0 Å². The molecular weight excluding hydrogens is 308 g/mol. The largest absolute Gasteiger partial charge is 0.496 e. The highest BCUT2D eigenvalue weighted by molar-refractivity contribution is 7.89. The van der Waals surface area contributed by atoms with E-state index in [0.717, 1.165) is 6.54 Å². The molecule has 1 rings (SSSR count). The maximum atomic E-state index is 12.3. The second kappa shape index (κ2) is 8.11. The summed E-state index contributed by atoms with van der Waals surface area (Å²) in [6.45, 7) is 4.81. The van der Waals surface area contributed by atoms with Gasteiger partial charge in [0.15, 0.2) is 0 Å². The molecule has 0 spiro atoms. The molecule has 22 heavy (non-hydrogen) atoms. The van der Waals surface area contributed by atoms with Crippen LogP contribution in [-0.4, -0.2) is 47.7 Å². The Morgan fingerprint density at radius 1 is 1.32 bits per heavy atom. The topological polar surface area (TPSA) is 93.7 Å². The third-order valence-corrected chi connectivity index (χ3v) is 4.44. The monoisotopic (exact) mass is 330 g/mol. The number of ether oxygens (including phenoxy) is 2. The van der Waals surface area contributed by atoms with Gasteiger partial charge >= 0.3 is 5.97 Å².